The fraction of sp³-hybridized carbons (Fsp3) is 0.0714. The molecule has 0 spiro atoms. The van der Waals surface area contributed by atoms with Crippen molar-refractivity contribution in [2.45, 2.75) is 6.92 Å². The molecule has 2 aromatic carbocycles. The van der Waals surface area contributed by atoms with E-state index in [1.54, 1.807) is 12.1 Å². The van der Waals surface area contributed by atoms with Crippen LogP contribution in [0.4, 0.5) is 15.8 Å². The number of rotatable bonds is 3. The third kappa shape index (κ3) is 3.54. The number of aryl methyl sites for hydroxylation is 1. The largest absolute Gasteiger partial charge is 0.322 e. The van der Waals surface area contributed by atoms with Crippen LogP contribution in [0.1, 0.15) is 15.9 Å². The molecule has 0 heterocycles. The Balaban J connectivity index is 2.34. The van der Waals surface area contributed by atoms with E-state index >= 15 is 0 Å². The van der Waals surface area contributed by atoms with Gasteiger partial charge >= 0.3 is 0 Å². The molecule has 0 aliphatic rings. The SMILES string of the molecule is Cc1ccc(NC(=O)c2cc(F)ccc2[N+](=O)[O-])cc1I. The van der Waals surface area contributed by atoms with Crippen LogP contribution in [0.3, 0.4) is 0 Å². The molecule has 0 saturated carbocycles. The molecule has 0 saturated heterocycles. The minimum Gasteiger partial charge on any atom is -0.322 e. The molecule has 5 nitrogen and oxygen atoms in total. The van der Waals surface area contributed by atoms with Crippen molar-refractivity contribution in [3.8, 4) is 0 Å². The molecule has 2 rings (SSSR count). The summed E-state index contributed by atoms with van der Waals surface area (Å²) >= 11 is 2.11. The number of nitrogens with one attached hydrogen (secondary N) is 1. The van der Waals surface area contributed by atoms with E-state index in [1.807, 2.05) is 13.0 Å². The Morgan fingerprint density at radius 2 is 2.00 bits per heavy atom. The van der Waals surface area contributed by atoms with E-state index in [0.29, 0.717) is 5.69 Å². The first-order valence-corrected chi connectivity index (χ1v) is 6.98. The van der Waals surface area contributed by atoms with Crippen molar-refractivity contribution in [2.75, 3.05) is 5.32 Å². The van der Waals surface area contributed by atoms with Crippen LogP contribution in [0.2, 0.25) is 0 Å². The molecule has 21 heavy (non-hydrogen) atoms. The van der Waals surface area contributed by atoms with Crippen molar-refractivity contribution in [1.82, 2.24) is 0 Å². The van der Waals surface area contributed by atoms with E-state index in [0.717, 1.165) is 27.3 Å². The van der Waals surface area contributed by atoms with Crippen molar-refractivity contribution >= 4 is 39.9 Å². The summed E-state index contributed by atoms with van der Waals surface area (Å²) < 4.78 is 14.2. The van der Waals surface area contributed by atoms with E-state index in [-0.39, 0.29) is 5.56 Å². The second-order valence-electron chi connectivity index (χ2n) is 4.34. The summed E-state index contributed by atoms with van der Waals surface area (Å²) in [5.74, 6) is -1.43. The van der Waals surface area contributed by atoms with E-state index in [2.05, 4.69) is 27.9 Å². The monoisotopic (exact) mass is 400 g/mol. The van der Waals surface area contributed by atoms with E-state index in [1.165, 1.54) is 0 Å². The zero-order valence-electron chi connectivity index (χ0n) is 10.9. The maximum Gasteiger partial charge on any atom is 0.282 e. The lowest BCUT2D eigenvalue weighted by Gasteiger charge is -2.07. The van der Waals surface area contributed by atoms with Crippen LogP contribution in [-0.2, 0) is 0 Å². The normalized spacial score (nSPS) is 10.2. The van der Waals surface area contributed by atoms with Crippen molar-refractivity contribution < 1.29 is 14.1 Å². The maximum atomic E-state index is 13.2. The lowest BCUT2D eigenvalue weighted by molar-refractivity contribution is -0.385. The van der Waals surface area contributed by atoms with E-state index < -0.39 is 22.3 Å². The number of hydrogen-bond donors (Lipinski definition) is 1. The number of carbonyl (C=O) groups excluding carboxylic acids is 1. The Bertz CT molecular complexity index is 734. The molecule has 0 aliphatic carbocycles. The number of benzene rings is 2. The third-order valence-electron chi connectivity index (χ3n) is 2.83. The van der Waals surface area contributed by atoms with Gasteiger partial charge in [0.2, 0.25) is 0 Å². The number of anilines is 1. The van der Waals surface area contributed by atoms with Gasteiger partial charge in [0, 0.05) is 15.3 Å². The third-order valence-corrected chi connectivity index (χ3v) is 3.99. The summed E-state index contributed by atoms with van der Waals surface area (Å²) in [7, 11) is 0. The molecule has 7 heteroatoms. The van der Waals surface area contributed by atoms with Gasteiger partial charge in [0.05, 0.1) is 4.92 Å². The quantitative estimate of drug-likeness (QED) is 0.483. The first kappa shape index (κ1) is 15.4. The number of nitro groups is 1. The summed E-state index contributed by atoms with van der Waals surface area (Å²) in [6.07, 6.45) is 0. The summed E-state index contributed by atoms with van der Waals surface area (Å²) in [6.45, 7) is 1.92. The van der Waals surface area contributed by atoms with Gasteiger partial charge in [-0.2, -0.15) is 0 Å². The number of nitro benzene ring substituents is 1. The fourth-order valence-electron chi connectivity index (χ4n) is 1.72. The standard InChI is InChI=1S/C14H10FIN2O3/c1-8-2-4-10(7-12(8)16)17-14(19)11-6-9(15)3-5-13(11)18(20)21/h2-7H,1H3,(H,17,19). The molecule has 0 radical (unpaired) electrons. The fourth-order valence-corrected chi connectivity index (χ4v) is 2.23. The Kier molecular flexibility index (Phi) is 4.51. The van der Waals surface area contributed by atoms with Gasteiger partial charge in [-0.3, -0.25) is 14.9 Å². The lowest BCUT2D eigenvalue weighted by atomic mass is 10.1. The molecule has 108 valence electrons. The second kappa shape index (κ2) is 6.17. The Morgan fingerprint density at radius 1 is 1.29 bits per heavy atom. The maximum absolute atomic E-state index is 13.2. The summed E-state index contributed by atoms with van der Waals surface area (Å²) in [5, 5.41) is 13.4. The van der Waals surface area contributed by atoms with Crippen LogP contribution >= 0.6 is 22.6 Å². The van der Waals surface area contributed by atoms with Crippen LogP contribution < -0.4 is 5.32 Å². The summed E-state index contributed by atoms with van der Waals surface area (Å²) in [4.78, 5) is 22.3. The first-order valence-electron chi connectivity index (χ1n) is 5.90. The number of nitrogens with zero attached hydrogens (tertiary/aromatic N) is 1. The minimum absolute atomic E-state index is 0.310. The van der Waals surface area contributed by atoms with Crippen LogP contribution in [0.15, 0.2) is 36.4 Å². The van der Waals surface area contributed by atoms with Crippen LogP contribution in [0.25, 0.3) is 0 Å². The highest BCUT2D eigenvalue weighted by molar-refractivity contribution is 14.1. The molecule has 1 amide bonds. The van der Waals surface area contributed by atoms with Crippen molar-refractivity contribution in [1.29, 1.82) is 0 Å². The van der Waals surface area contributed by atoms with Crippen molar-refractivity contribution in [2.24, 2.45) is 0 Å². The highest BCUT2D eigenvalue weighted by atomic mass is 127. The number of halogens is 2. The average Bonchev–Trinajstić information content (AvgIpc) is 2.42. The zero-order chi connectivity index (χ0) is 15.6. The topological polar surface area (TPSA) is 72.2 Å². The number of carbonyl (C=O) groups is 1. The highest BCUT2D eigenvalue weighted by Gasteiger charge is 2.21. The van der Waals surface area contributed by atoms with Gasteiger partial charge in [-0.1, -0.05) is 6.07 Å². The predicted molar refractivity (Wildman–Crippen MR) is 84.9 cm³/mol. The average molecular weight is 400 g/mol. The van der Waals surface area contributed by atoms with Gasteiger partial charge in [0.25, 0.3) is 11.6 Å². The van der Waals surface area contributed by atoms with Crippen molar-refractivity contribution in [3.63, 3.8) is 0 Å². The van der Waals surface area contributed by atoms with Gasteiger partial charge in [-0.25, -0.2) is 4.39 Å². The van der Waals surface area contributed by atoms with Crippen LogP contribution in [0.5, 0.6) is 0 Å². The molecule has 0 atom stereocenters. The molecule has 0 bridgehead atoms. The molecule has 2 aromatic rings. The molecule has 1 N–H and O–H groups in total. The van der Waals surface area contributed by atoms with E-state index in [4.69, 9.17) is 0 Å². The van der Waals surface area contributed by atoms with Crippen molar-refractivity contribution in [3.05, 3.63) is 67.0 Å². The minimum atomic E-state index is -0.721. The molecular formula is C14H10FIN2O3. The summed E-state index contributed by atoms with van der Waals surface area (Å²) in [6, 6.07) is 8.01. The van der Waals surface area contributed by atoms with Gasteiger partial charge in [-0.15, -0.1) is 0 Å². The summed E-state index contributed by atoms with van der Waals surface area (Å²) in [5.41, 5.74) is 0.796. The molecular weight excluding hydrogens is 390 g/mol. The highest BCUT2D eigenvalue weighted by Crippen LogP contribution is 2.22. The van der Waals surface area contributed by atoms with Crippen LogP contribution in [-0.4, -0.2) is 10.8 Å². The number of hydrogen-bond acceptors (Lipinski definition) is 3. The van der Waals surface area contributed by atoms with Crippen LogP contribution in [0, 0.1) is 26.4 Å². The van der Waals surface area contributed by atoms with Gasteiger partial charge in [0.15, 0.2) is 0 Å². The van der Waals surface area contributed by atoms with Gasteiger partial charge in [0.1, 0.15) is 11.4 Å². The molecule has 0 fully saturated rings. The van der Waals surface area contributed by atoms with Gasteiger partial charge in [-0.05, 0) is 59.3 Å². The Morgan fingerprint density at radius 3 is 2.62 bits per heavy atom. The molecule has 0 unspecified atom stereocenters. The van der Waals surface area contributed by atoms with Gasteiger partial charge < -0.3 is 5.32 Å². The Hall–Kier alpha value is -2.03. The zero-order valence-corrected chi connectivity index (χ0v) is 13.0. The number of amides is 1. The Labute approximate surface area is 133 Å². The molecule has 0 aliphatic heterocycles. The smallest absolute Gasteiger partial charge is 0.282 e. The first-order chi connectivity index (χ1) is 9.88. The predicted octanol–water partition coefficient (Wildman–Crippen LogP) is 3.90. The van der Waals surface area contributed by atoms with E-state index in [9.17, 15) is 19.3 Å². The lowest BCUT2D eigenvalue weighted by Crippen LogP contribution is -2.14. The molecule has 0 aromatic heterocycles. The second-order valence-corrected chi connectivity index (χ2v) is 5.50.